The van der Waals surface area contributed by atoms with Crippen LogP contribution in [0.3, 0.4) is 0 Å². The predicted molar refractivity (Wildman–Crippen MR) is 135 cm³/mol. The van der Waals surface area contributed by atoms with E-state index in [1.807, 2.05) is 104 Å². The molecule has 1 heterocycles. The SMILES string of the molecule is COc1ccc2c(c1)S(=O)C(c1ccc(OCc3ccccc3)cc1)=C2Oc1ccc(C)cc1. The van der Waals surface area contributed by atoms with Crippen LogP contribution in [0.25, 0.3) is 10.7 Å². The highest BCUT2D eigenvalue weighted by atomic mass is 32.2. The molecule has 0 spiro atoms. The highest BCUT2D eigenvalue weighted by molar-refractivity contribution is 7.95. The fourth-order valence-electron chi connectivity index (χ4n) is 3.79. The van der Waals surface area contributed by atoms with Crippen molar-refractivity contribution in [2.75, 3.05) is 7.11 Å². The Kier molecular flexibility index (Phi) is 6.19. The molecule has 0 fully saturated rings. The van der Waals surface area contributed by atoms with Crippen molar-refractivity contribution in [1.29, 1.82) is 0 Å². The minimum absolute atomic E-state index is 0.488. The van der Waals surface area contributed by atoms with Crippen molar-refractivity contribution in [1.82, 2.24) is 0 Å². The maximum Gasteiger partial charge on any atom is 0.152 e. The largest absolute Gasteiger partial charge is 0.497 e. The lowest BCUT2D eigenvalue weighted by Crippen LogP contribution is -1.98. The number of benzene rings is 4. The summed E-state index contributed by atoms with van der Waals surface area (Å²) in [6.07, 6.45) is 0. The van der Waals surface area contributed by atoms with Gasteiger partial charge < -0.3 is 14.2 Å². The van der Waals surface area contributed by atoms with Gasteiger partial charge in [0.1, 0.15) is 23.9 Å². The van der Waals surface area contributed by atoms with E-state index in [0.29, 0.717) is 33.7 Å². The van der Waals surface area contributed by atoms with Gasteiger partial charge in [0.05, 0.1) is 27.7 Å². The molecule has 0 N–H and O–H groups in total. The second kappa shape index (κ2) is 9.57. The summed E-state index contributed by atoms with van der Waals surface area (Å²) < 4.78 is 31.2. The molecule has 1 aliphatic heterocycles. The molecule has 5 heteroatoms. The maximum atomic E-state index is 13.6. The van der Waals surface area contributed by atoms with E-state index in [1.54, 1.807) is 7.11 Å². The molecule has 0 bridgehead atoms. The van der Waals surface area contributed by atoms with Crippen molar-refractivity contribution < 1.29 is 18.4 Å². The van der Waals surface area contributed by atoms with Gasteiger partial charge in [-0.15, -0.1) is 0 Å². The fraction of sp³-hybridized carbons (Fsp3) is 0.103. The Balaban J connectivity index is 1.48. The molecular weight excluding hydrogens is 444 g/mol. The van der Waals surface area contributed by atoms with Crippen molar-refractivity contribution in [3.05, 3.63) is 119 Å². The van der Waals surface area contributed by atoms with E-state index in [-0.39, 0.29) is 0 Å². The highest BCUT2D eigenvalue weighted by Gasteiger charge is 2.32. The van der Waals surface area contributed by atoms with Gasteiger partial charge >= 0.3 is 0 Å². The molecule has 4 aromatic carbocycles. The van der Waals surface area contributed by atoms with E-state index >= 15 is 0 Å². The number of rotatable bonds is 7. The quantitative estimate of drug-likeness (QED) is 0.306. The van der Waals surface area contributed by atoms with Gasteiger partial charge in [-0.3, -0.25) is 0 Å². The molecule has 0 saturated carbocycles. The number of fused-ring (bicyclic) bond motifs is 1. The molecule has 5 rings (SSSR count). The first-order valence-electron chi connectivity index (χ1n) is 11.0. The first-order valence-corrected chi connectivity index (χ1v) is 12.1. The van der Waals surface area contributed by atoms with Gasteiger partial charge in [-0.2, -0.15) is 0 Å². The van der Waals surface area contributed by atoms with Gasteiger partial charge in [0.15, 0.2) is 5.76 Å². The monoisotopic (exact) mass is 468 g/mol. The van der Waals surface area contributed by atoms with Gasteiger partial charge in [0, 0.05) is 5.56 Å². The van der Waals surface area contributed by atoms with Gasteiger partial charge in [-0.25, -0.2) is 4.21 Å². The summed E-state index contributed by atoms with van der Waals surface area (Å²) in [6.45, 7) is 2.52. The van der Waals surface area contributed by atoms with Crippen LogP contribution in [0.2, 0.25) is 0 Å². The van der Waals surface area contributed by atoms with Crippen LogP contribution in [0.15, 0.2) is 102 Å². The van der Waals surface area contributed by atoms with Crippen LogP contribution in [-0.2, 0) is 17.4 Å². The van der Waals surface area contributed by atoms with Crippen LogP contribution < -0.4 is 14.2 Å². The minimum atomic E-state index is -1.41. The average molecular weight is 469 g/mol. The van der Waals surface area contributed by atoms with E-state index in [2.05, 4.69) is 0 Å². The molecule has 0 saturated heterocycles. The lowest BCUT2D eigenvalue weighted by molar-refractivity contribution is 0.306. The zero-order chi connectivity index (χ0) is 23.5. The van der Waals surface area contributed by atoms with Gasteiger partial charge in [-0.05, 0) is 72.6 Å². The summed E-state index contributed by atoms with van der Waals surface area (Å²) in [7, 11) is 0.190. The normalized spacial score (nSPS) is 14.6. The molecular formula is C29H24O4S. The van der Waals surface area contributed by atoms with E-state index in [4.69, 9.17) is 14.2 Å². The van der Waals surface area contributed by atoms with Crippen LogP contribution >= 0.6 is 0 Å². The zero-order valence-electron chi connectivity index (χ0n) is 19.0. The highest BCUT2D eigenvalue weighted by Crippen LogP contribution is 2.44. The second-order valence-electron chi connectivity index (χ2n) is 8.00. The number of methoxy groups -OCH3 is 1. The molecule has 34 heavy (non-hydrogen) atoms. The first-order chi connectivity index (χ1) is 16.6. The molecule has 170 valence electrons. The van der Waals surface area contributed by atoms with Crippen LogP contribution in [0, 0.1) is 6.92 Å². The number of ether oxygens (including phenoxy) is 3. The third-order valence-corrected chi connectivity index (χ3v) is 7.16. The van der Waals surface area contributed by atoms with Gasteiger partial charge in [0.25, 0.3) is 0 Å². The topological polar surface area (TPSA) is 44.8 Å². The van der Waals surface area contributed by atoms with Crippen molar-refractivity contribution in [3.8, 4) is 17.2 Å². The first kappa shape index (κ1) is 22.0. The van der Waals surface area contributed by atoms with Crippen LogP contribution in [0.4, 0.5) is 0 Å². The summed E-state index contributed by atoms with van der Waals surface area (Å²) >= 11 is 0. The molecule has 1 aliphatic rings. The van der Waals surface area contributed by atoms with E-state index < -0.39 is 10.8 Å². The summed E-state index contributed by atoms with van der Waals surface area (Å²) in [5.41, 5.74) is 3.87. The summed E-state index contributed by atoms with van der Waals surface area (Å²) in [6, 6.07) is 31.1. The van der Waals surface area contributed by atoms with Crippen LogP contribution in [0.1, 0.15) is 22.3 Å². The Morgan fingerprint density at radius 1 is 0.765 bits per heavy atom. The van der Waals surface area contributed by atoms with Crippen molar-refractivity contribution in [2.45, 2.75) is 18.4 Å². The number of aryl methyl sites for hydroxylation is 1. The molecule has 4 aromatic rings. The van der Waals surface area contributed by atoms with Crippen molar-refractivity contribution in [2.24, 2.45) is 0 Å². The summed E-state index contributed by atoms with van der Waals surface area (Å²) in [5, 5.41) is 0. The zero-order valence-corrected chi connectivity index (χ0v) is 19.8. The molecule has 0 aliphatic carbocycles. The van der Waals surface area contributed by atoms with Crippen LogP contribution in [0.5, 0.6) is 17.2 Å². The lowest BCUT2D eigenvalue weighted by atomic mass is 10.1. The van der Waals surface area contributed by atoms with Crippen molar-refractivity contribution >= 4 is 21.5 Å². The molecule has 0 aromatic heterocycles. The molecule has 1 atom stereocenters. The summed E-state index contributed by atoms with van der Waals surface area (Å²) in [4.78, 5) is 1.32. The fourth-order valence-corrected chi connectivity index (χ4v) is 5.27. The third kappa shape index (κ3) is 4.47. The predicted octanol–water partition coefficient (Wildman–Crippen LogP) is 6.61. The molecule has 4 nitrogen and oxygen atoms in total. The average Bonchev–Trinajstić information content (AvgIpc) is 3.15. The Hall–Kier alpha value is -3.83. The molecule has 0 amide bonds. The summed E-state index contributed by atoms with van der Waals surface area (Å²) in [5.74, 6) is 2.70. The van der Waals surface area contributed by atoms with Crippen molar-refractivity contribution in [3.63, 3.8) is 0 Å². The number of hydrogen-bond acceptors (Lipinski definition) is 4. The van der Waals surface area contributed by atoms with Crippen LogP contribution in [-0.4, -0.2) is 11.3 Å². The number of hydrogen-bond donors (Lipinski definition) is 0. The Morgan fingerprint density at radius 3 is 2.15 bits per heavy atom. The Morgan fingerprint density at radius 2 is 1.44 bits per heavy atom. The van der Waals surface area contributed by atoms with Gasteiger partial charge in [0.2, 0.25) is 0 Å². The Bertz CT molecular complexity index is 1360. The van der Waals surface area contributed by atoms with E-state index in [0.717, 1.165) is 28.0 Å². The second-order valence-corrected chi connectivity index (χ2v) is 9.39. The molecule has 0 radical (unpaired) electrons. The molecule has 1 unspecified atom stereocenters. The smallest absolute Gasteiger partial charge is 0.152 e. The van der Waals surface area contributed by atoms with E-state index in [1.165, 1.54) is 0 Å². The third-order valence-electron chi connectivity index (χ3n) is 5.63. The minimum Gasteiger partial charge on any atom is -0.497 e. The van der Waals surface area contributed by atoms with E-state index in [9.17, 15) is 4.21 Å². The maximum absolute atomic E-state index is 13.6. The van der Waals surface area contributed by atoms with Gasteiger partial charge in [-0.1, -0.05) is 48.0 Å². The standard InChI is InChI=1S/C29H24O4S/c1-20-8-12-24(13-9-20)33-28-26-17-16-25(31-2)18-27(26)34(30)29(28)22-10-14-23(15-11-22)32-19-21-6-4-3-5-7-21/h3-18H,19H2,1-2H3. The Labute approximate surface area is 201 Å². The lowest BCUT2D eigenvalue weighted by Gasteiger charge is -2.11.